The van der Waals surface area contributed by atoms with Crippen LogP contribution in [0.2, 0.25) is 0 Å². The monoisotopic (exact) mass is 522 g/mol. The molecule has 2 aliphatic heterocycles. The molecule has 4 rings (SSSR count). The van der Waals surface area contributed by atoms with Crippen LogP contribution in [0.5, 0.6) is 5.75 Å². The summed E-state index contributed by atoms with van der Waals surface area (Å²) in [7, 11) is -2.45. The Morgan fingerprint density at radius 1 is 1.09 bits per heavy atom. The number of halogens is 1. The van der Waals surface area contributed by atoms with E-state index in [2.05, 4.69) is 15.9 Å². The van der Waals surface area contributed by atoms with Crippen molar-refractivity contribution in [1.29, 1.82) is 0 Å². The van der Waals surface area contributed by atoms with Crippen molar-refractivity contribution < 1.29 is 27.5 Å². The molecule has 0 aliphatic carbocycles. The van der Waals surface area contributed by atoms with Crippen LogP contribution in [0.4, 0.5) is 5.69 Å². The fraction of sp³-hybridized carbons (Fsp3) is 0.364. The Hall–Kier alpha value is -2.43. The van der Waals surface area contributed by atoms with E-state index in [-0.39, 0.29) is 23.9 Å². The van der Waals surface area contributed by atoms with Crippen molar-refractivity contribution in [3.63, 3.8) is 0 Å². The van der Waals surface area contributed by atoms with Crippen LogP contribution >= 0.6 is 15.9 Å². The molecule has 170 valence electrons. The molecule has 0 radical (unpaired) electrons. The molecular weight excluding hydrogens is 500 g/mol. The summed E-state index contributed by atoms with van der Waals surface area (Å²) in [6, 6.07) is 13.4. The van der Waals surface area contributed by atoms with E-state index in [1.54, 1.807) is 48.5 Å². The molecule has 8 nitrogen and oxygen atoms in total. The van der Waals surface area contributed by atoms with Gasteiger partial charge in [0.25, 0.3) is 0 Å². The Balaban J connectivity index is 1.57. The quantitative estimate of drug-likeness (QED) is 0.573. The van der Waals surface area contributed by atoms with E-state index in [9.17, 15) is 18.0 Å². The van der Waals surface area contributed by atoms with Gasteiger partial charge >= 0.3 is 5.97 Å². The first-order chi connectivity index (χ1) is 15.3. The maximum atomic E-state index is 13.5. The molecule has 1 saturated heterocycles. The van der Waals surface area contributed by atoms with Crippen LogP contribution < -0.4 is 9.64 Å². The third-order valence-corrected chi connectivity index (χ3v) is 8.10. The number of esters is 1. The second-order valence-corrected chi connectivity index (χ2v) is 10.6. The number of methoxy groups -OCH3 is 1. The normalized spacial score (nSPS) is 21.4. The number of anilines is 1. The first-order valence-corrected chi connectivity index (χ1v) is 12.4. The average molecular weight is 523 g/mol. The van der Waals surface area contributed by atoms with Crippen LogP contribution in [0, 0.1) is 5.92 Å². The summed E-state index contributed by atoms with van der Waals surface area (Å²) in [5, 5.41) is 0. The van der Waals surface area contributed by atoms with Crippen LogP contribution in [0.15, 0.2) is 57.9 Å². The summed E-state index contributed by atoms with van der Waals surface area (Å²) in [6.45, 7) is 0.449. The highest BCUT2D eigenvalue weighted by molar-refractivity contribution is 9.10. The highest BCUT2D eigenvalue weighted by atomic mass is 79.9. The van der Waals surface area contributed by atoms with Crippen LogP contribution in [-0.4, -0.2) is 57.4 Å². The molecular formula is C22H23BrN2O6S. The first kappa shape index (κ1) is 22.8. The molecule has 0 spiro atoms. The lowest BCUT2D eigenvalue weighted by Gasteiger charge is -2.38. The third kappa shape index (κ3) is 4.39. The maximum Gasteiger partial charge on any atom is 0.348 e. The number of fused-ring (bicyclic) bond motifs is 1. The lowest BCUT2D eigenvalue weighted by atomic mass is 9.97. The van der Waals surface area contributed by atoms with E-state index in [0.717, 1.165) is 4.47 Å². The first-order valence-electron chi connectivity index (χ1n) is 10.2. The zero-order valence-corrected chi connectivity index (χ0v) is 19.8. The Bertz CT molecular complexity index is 1120. The number of sulfonamides is 1. The minimum absolute atomic E-state index is 0.0124. The molecule has 0 N–H and O–H groups in total. The SMILES string of the molecule is COC(=O)[C@@H]1CN(C(=O)[C@H]2CCCN(S(=O)(=O)c3ccc(Br)cc3)C2)c2ccccc2O1. The molecule has 0 unspecified atom stereocenters. The second-order valence-electron chi connectivity index (χ2n) is 7.70. The van der Waals surface area contributed by atoms with E-state index >= 15 is 0 Å². The maximum absolute atomic E-state index is 13.5. The van der Waals surface area contributed by atoms with Crippen molar-refractivity contribution in [3.8, 4) is 5.75 Å². The molecule has 2 aliphatic rings. The number of hydrogen-bond acceptors (Lipinski definition) is 6. The van der Waals surface area contributed by atoms with Crippen LogP contribution in [0.25, 0.3) is 0 Å². The minimum atomic E-state index is -3.72. The van der Waals surface area contributed by atoms with Gasteiger partial charge in [-0.15, -0.1) is 0 Å². The van der Waals surface area contributed by atoms with Gasteiger partial charge in [-0.2, -0.15) is 4.31 Å². The Morgan fingerprint density at radius 3 is 2.53 bits per heavy atom. The molecule has 10 heteroatoms. The number of ether oxygens (including phenoxy) is 2. The van der Waals surface area contributed by atoms with Crippen molar-refractivity contribution >= 4 is 43.5 Å². The van der Waals surface area contributed by atoms with Gasteiger partial charge in [-0.1, -0.05) is 28.1 Å². The van der Waals surface area contributed by atoms with Crippen LogP contribution in [-0.2, 0) is 24.3 Å². The molecule has 2 heterocycles. The van der Waals surface area contributed by atoms with Crippen molar-refractivity contribution in [3.05, 3.63) is 53.0 Å². The predicted octanol–water partition coefficient (Wildman–Crippen LogP) is 2.82. The lowest BCUT2D eigenvalue weighted by Crippen LogP contribution is -2.52. The van der Waals surface area contributed by atoms with Gasteiger partial charge in [0.1, 0.15) is 5.75 Å². The topological polar surface area (TPSA) is 93.2 Å². The summed E-state index contributed by atoms with van der Waals surface area (Å²) >= 11 is 3.31. The standard InChI is InChI=1S/C22H23BrN2O6S/c1-30-22(27)20-14-25(18-6-2-3-7-19(18)31-20)21(26)15-5-4-12-24(13-15)32(28,29)17-10-8-16(23)9-11-17/h2-3,6-11,15,20H,4-5,12-14H2,1H3/t15-,20-/m0/s1. The third-order valence-electron chi connectivity index (χ3n) is 5.69. The smallest absolute Gasteiger partial charge is 0.348 e. The molecule has 2 aromatic rings. The van der Waals surface area contributed by atoms with Gasteiger partial charge in [0.05, 0.1) is 30.2 Å². The van der Waals surface area contributed by atoms with E-state index in [4.69, 9.17) is 9.47 Å². The summed E-state index contributed by atoms with van der Waals surface area (Å²) in [6.07, 6.45) is 0.191. The van der Waals surface area contributed by atoms with Gasteiger partial charge < -0.3 is 14.4 Å². The van der Waals surface area contributed by atoms with Crippen LogP contribution in [0.1, 0.15) is 12.8 Å². The number of rotatable bonds is 4. The Labute approximate surface area is 195 Å². The number of benzene rings is 2. The van der Waals surface area contributed by atoms with Crippen molar-refractivity contribution in [2.75, 3.05) is 31.6 Å². The number of carbonyl (C=O) groups is 2. The lowest BCUT2D eigenvalue weighted by molar-refractivity contribution is -0.148. The molecule has 0 aromatic heterocycles. The Kier molecular flexibility index (Phi) is 6.55. The fourth-order valence-electron chi connectivity index (χ4n) is 4.04. The zero-order valence-electron chi connectivity index (χ0n) is 17.4. The highest BCUT2D eigenvalue weighted by Gasteiger charge is 2.40. The second kappa shape index (κ2) is 9.21. The number of para-hydroxylation sites is 2. The van der Waals surface area contributed by atoms with Crippen molar-refractivity contribution in [1.82, 2.24) is 4.31 Å². The highest BCUT2D eigenvalue weighted by Crippen LogP contribution is 2.35. The van der Waals surface area contributed by atoms with Crippen molar-refractivity contribution in [2.45, 2.75) is 23.8 Å². The van der Waals surface area contributed by atoms with E-state index in [1.807, 2.05) is 0 Å². The summed E-state index contributed by atoms with van der Waals surface area (Å²) in [5.74, 6) is -0.915. The van der Waals surface area contributed by atoms with Gasteiger partial charge in [0, 0.05) is 17.6 Å². The van der Waals surface area contributed by atoms with Gasteiger partial charge in [-0.05, 0) is 49.2 Å². The molecule has 1 fully saturated rings. The zero-order chi connectivity index (χ0) is 22.9. The number of nitrogens with zero attached hydrogens (tertiary/aromatic N) is 2. The number of carbonyl (C=O) groups excluding carboxylic acids is 2. The molecule has 0 bridgehead atoms. The predicted molar refractivity (Wildman–Crippen MR) is 121 cm³/mol. The Morgan fingerprint density at radius 2 is 1.81 bits per heavy atom. The van der Waals surface area contributed by atoms with E-state index < -0.39 is 28.0 Å². The summed E-state index contributed by atoms with van der Waals surface area (Å²) in [5.41, 5.74) is 0.561. The van der Waals surface area contributed by atoms with E-state index in [1.165, 1.54) is 16.3 Å². The van der Waals surface area contributed by atoms with Crippen molar-refractivity contribution in [2.24, 2.45) is 5.92 Å². The number of hydrogen-bond donors (Lipinski definition) is 0. The molecule has 1 amide bonds. The summed E-state index contributed by atoms with van der Waals surface area (Å²) < 4.78 is 38.9. The molecule has 32 heavy (non-hydrogen) atoms. The van der Waals surface area contributed by atoms with Gasteiger partial charge in [0.2, 0.25) is 22.0 Å². The average Bonchev–Trinajstić information content (AvgIpc) is 2.82. The van der Waals surface area contributed by atoms with Gasteiger partial charge in [-0.25, -0.2) is 13.2 Å². The molecule has 2 aromatic carbocycles. The van der Waals surface area contributed by atoms with Crippen LogP contribution in [0.3, 0.4) is 0 Å². The molecule has 0 saturated carbocycles. The summed E-state index contributed by atoms with van der Waals surface area (Å²) in [4.78, 5) is 27.3. The number of piperidine rings is 1. The molecule has 2 atom stereocenters. The van der Waals surface area contributed by atoms with E-state index in [0.29, 0.717) is 30.8 Å². The number of amides is 1. The minimum Gasteiger partial charge on any atom is -0.475 e. The van der Waals surface area contributed by atoms with Gasteiger partial charge in [-0.3, -0.25) is 4.79 Å². The fourth-order valence-corrected chi connectivity index (χ4v) is 5.82. The largest absolute Gasteiger partial charge is 0.475 e. The van der Waals surface area contributed by atoms with Gasteiger partial charge in [0.15, 0.2) is 0 Å².